The molecule has 0 radical (unpaired) electrons. The van der Waals surface area contributed by atoms with E-state index < -0.39 is 24.3 Å². The van der Waals surface area contributed by atoms with Gasteiger partial charge in [-0.15, -0.1) is 10.2 Å². The first-order valence-corrected chi connectivity index (χ1v) is 9.36. The summed E-state index contributed by atoms with van der Waals surface area (Å²) in [6.45, 7) is 2.09. The van der Waals surface area contributed by atoms with Crippen LogP contribution < -0.4 is 5.32 Å². The lowest BCUT2D eigenvalue weighted by molar-refractivity contribution is -0.144. The number of ether oxygens (including phenoxy) is 1. The molecule has 2 aromatic heterocycles. The van der Waals surface area contributed by atoms with Crippen LogP contribution in [0.4, 0.5) is 10.1 Å². The van der Waals surface area contributed by atoms with Crippen molar-refractivity contribution >= 4 is 29.3 Å². The van der Waals surface area contributed by atoms with Crippen LogP contribution in [0.1, 0.15) is 6.92 Å². The minimum absolute atomic E-state index is 0.0277. The first-order valence-electron chi connectivity index (χ1n) is 8.37. The number of carbonyl (C=O) groups excluding carboxylic acids is 2. The fourth-order valence-electron chi connectivity index (χ4n) is 2.31. The average molecular weight is 404 g/mol. The minimum Gasteiger partial charge on any atom is -0.461 e. The first kappa shape index (κ1) is 19.6. The Morgan fingerprint density at radius 3 is 2.71 bits per heavy atom. The van der Waals surface area contributed by atoms with Crippen LogP contribution in [0.15, 0.2) is 52.2 Å². The molecule has 3 aromatic rings. The fraction of sp³-hybridized carbons (Fsp3) is 0.222. The van der Waals surface area contributed by atoms with Gasteiger partial charge in [-0.2, -0.15) is 0 Å². The van der Waals surface area contributed by atoms with E-state index in [9.17, 15) is 14.0 Å². The summed E-state index contributed by atoms with van der Waals surface area (Å²) in [5.74, 6) is -0.355. The first-order chi connectivity index (χ1) is 13.6. The highest BCUT2D eigenvalue weighted by molar-refractivity contribution is 7.99. The highest BCUT2D eigenvalue weighted by Crippen LogP contribution is 2.24. The van der Waals surface area contributed by atoms with Crippen LogP contribution in [0.5, 0.6) is 0 Å². The van der Waals surface area contributed by atoms with Crippen LogP contribution >= 0.6 is 11.8 Å². The predicted molar refractivity (Wildman–Crippen MR) is 100 cm³/mol. The van der Waals surface area contributed by atoms with Crippen molar-refractivity contribution in [2.75, 3.05) is 17.7 Å². The van der Waals surface area contributed by atoms with Gasteiger partial charge in [-0.05, 0) is 43.3 Å². The van der Waals surface area contributed by atoms with E-state index in [1.807, 2.05) is 11.5 Å². The molecule has 146 valence electrons. The summed E-state index contributed by atoms with van der Waals surface area (Å²) in [4.78, 5) is 23.7. The zero-order chi connectivity index (χ0) is 19.9. The number of esters is 1. The van der Waals surface area contributed by atoms with Gasteiger partial charge in [0.15, 0.2) is 23.3 Å². The molecule has 0 aliphatic carbocycles. The normalized spacial score (nSPS) is 10.6. The Labute approximate surface area is 164 Å². The van der Waals surface area contributed by atoms with E-state index >= 15 is 0 Å². The minimum atomic E-state index is -0.565. The van der Waals surface area contributed by atoms with E-state index in [-0.39, 0.29) is 5.75 Å². The summed E-state index contributed by atoms with van der Waals surface area (Å²) >= 11 is 1.15. The van der Waals surface area contributed by atoms with Gasteiger partial charge in [-0.25, -0.2) is 4.39 Å². The smallest absolute Gasteiger partial charge is 0.316 e. The van der Waals surface area contributed by atoms with Crippen molar-refractivity contribution in [2.45, 2.75) is 18.6 Å². The highest BCUT2D eigenvalue weighted by atomic mass is 32.2. The van der Waals surface area contributed by atoms with Gasteiger partial charge in [-0.3, -0.25) is 14.2 Å². The topological polar surface area (TPSA) is 99.2 Å². The zero-order valence-corrected chi connectivity index (χ0v) is 15.7. The van der Waals surface area contributed by atoms with E-state index in [2.05, 4.69) is 15.5 Å². The number of rotatable bonds is 8. The number of hydrogen-bond donors (Lipinski definition) is 1. The quantitative estimate of drug-likeness (QED) is 0.455. The number of carbonyl (C=O) groups is 2. The number of anilines is 1. The SMILES string of the molecule is CCn1c(SCC(=O)OCC(=O)Nc2ccc(F)cc2)nnc1-c1ccco1. The molecule has 1 aromatic carbocycles. The lowest BCUT2D eigenvalue weighted by Gasteiger charge is -2.07. The molecule has 0 aliphatic heterocycles. The van der Waals surface area contributed by atoms with E-state index in [1.165, 1.54) is 24.3 Å². The number of hydrogen-bond acceptors (Lipinski definition) is 7. The van der Waals surface area contributed by atoms with Crippen LogP contribution in [0.2, 0.25) is 0 Å². The molecule has 1 amide bonds. The standard InChI is InChI=1S/C18H17FN4O4S/c1-2-23-17(14-4-3-9-26-14)21-22-18(23)28-11-16(25)27-10-15(24)20-13-7-5-12(19)6-8-13/h3-9H,2,10-11H2,1H3,(H,20,24). The number of aromatic nitrogens is 3. The molecule has 0 spiro atoms. The molecule has 0 unspecified atom stereocenters. The molecule has 0 fully saturated rings. The maximum absolute atomic E-state index is 12.8. The maximum Gasteiger partial charge on any atom is 0.316 e. The van der Waals surface area contributed by atoms with Crippen LogP contribution in [-0.2, 0) is 20.9 Å². The number of benzene rings is 1. The van der Waals surface area contributed by atoms with Crippen molar-refractivity contribution in [2.24, 2.45) is 0 Å². The van der Waals surface area contributed by atoms with Crippen molar-refractivity contribution in [1.29, 1.82) is 0 Å². The number of halogens is 1. The molecule has 28 heavy (non-hydrogen) atoms. The molecular formula is C18H17FN4O4S. The molecule has 0 bridgehead atoms. The van der Waals surface area contributed by atoms with Gasteiger partial charge in [0.25, 0.3) is 5.91 Å². The number of nitrogens with zero attached hydrogens (tertiary/aromatic N) is 3. The summed E-state index contributed by atoms with van der Waals surface area (Å²) in [5, 5.41) is 11.2. The molecule has 2 heterocycles. The van der Waals surface area contributed by atoms with Gasteiger partial charge >= 0.3 is 5.97 Å². The number of nitrogens with one attached hydrogen (secondary N) is 1. The van der Waals surface area contributed by atoms with Crippen LogP contribution in [0.25, 0.3) is 11.6 Å². The number of furan rings is 1. The summed E-state index contributed by atoms with van der Waals surface area (Å²) in [6.07, 6.45) is 1.55. The molecule has 8 nitrogen and oxygen atoms in total. The molecule has 10 heteroatoms. The lowest BCUT2D eigenvalue weighted by Crippen LogP contribution is -2.21. The number of thioether (sulfide) groups is 1. The molecule has 0 saturated carbocycles. The largest absolute Gasteiger partial charge is 0.461 e. The van der Waals surface area contributed by atoms with Crippen molar-refractivity contribution in [3.63, 3.8) is 0 Å². The van der Waals surface area contributed by atoms with E-state index in [1.54, 1.807) is 18.4 Å². The monoisotopic (exact) mass is 404 g/mol. The van der Waals surface area contributed by atoms with Gasteiger partial charge in [0.1, 0.15) is 5.82 Å². The van der Waals surface area contributed by atoms with Gasteiger partial charge in [0.2, 0.25) is 0 Å². The zero-order valence-electron chi connectivity index (χ0n) is 14.9. The average Bonchev–Trinajstić information content (AvgIpc) is 3.35. The Morgan fingerprint density at radius 1 is 1.25 bits per heavy atom. The van der Waals surface area contributed by atoms with Gasteiger partial charge < -0.3 is 14.5 Å². The third kappa shape index (κ3) is 4.97. The Hall–Kier alpha value is -3.14. The second-order valence-electron chi connectivity index (χ2n) is 5.53. The second kappa shape index (κ2) is 9.18. The molecule has 0 aliphatic rings. The van der Waals surface area contributed by atoms with Crippen LogP contribution in [0.3, 0.4) is 0 Å². The summed E-state index contributed by atoms with van der Waals surface area (Å²) in [7, 11) is 0. The van der Waals surface area contributed by atoms with Crippen LogP contribution in [-0.4, -0.2) is 39.0 Å². The van der Waals surface area contributed by atoms with Gasteiger partial charge in [-0.1, -0.05) is 11.8 Å². The highest BCUT2D eigenvalue weighted by Gasteiger charge is 2.17. The van der Waals surface area contributed by atoms with E-state index in [0.29, 0.717) is 29.0 Å². The predicted octanol–water partition coefficient (Wildman–Crippen LogP) is 2.97. The second-order valence-corrected chi connectivity index (χ2v) is 6.47. The van der Waals surface area contributed by atoms with Crippen molar-refractivity contribution < 1.29 is 23.1 Å². The Morgan fingerprint density at radius 2 is 2.04 bits per heavy atom. The maximum atomic E-state index is 12.8. The third-order valence-corrected chi connectivity index (χ3v) is 4.53. The summed E-state index contributed by atoms with van der Waals surface area (Å²) in [6, 6.07) is 8.81. The molecule has 0 saturated heterocycles. The Bertz CT molecular complexity index is 941. The fourth-order valence-corrected chi connectivity index (χ4v) is 3.11. The lowest BCUT2D eigenvalue weighted by atomic mass is 10.3. The molecular weight excluding hydrogens is 387 g/mol. The molecule has 1 N–H and O–H groups in total. The van der Waals surface area contributed by atoms with E-state index in [0.717, 1.165) is 11.8 Å². The summed E-state index contributed by atoms with van der Waals surface area (Å²) in [5.41, 5.74) is 0.415. The van der Waals surface area contributed by atoms with Gasteiger partial charge in [0, 0.05) is 12.2 Å². The van der Waals surface area contributed by atoms with Crippen molar-refractivity contribution in [3.05, 3.63) is 48.5 Å². The third-order valence-electron chi connectivity index (χ3n) is 3.59. The van der Waals surface area contributed by atoms with Crippen molar-refractivity contribution in [3.8, 4) is 11.6 Å². The van der Waals surface area contributed by atoms with Gasteiger partial charge in [0.05, 0.1) is 12.0 Å². The number of amides is 1. The van der Waals surface area contributed by atoms with Crippen LogP contribution in [0, 0.1) is 5.82 Å². The Balaban J connectivity index is 1.48. The summed E-state index contributed by atoms with van der Waals surface area (Å²) < 4.78 is 24.9. The van der Waals surface area contributed by atoms with E-state index in [4.69, 9.17) is 9.15 Å². The van der Waals surface area contributed by atoms with Crippen molar-refractivity contribution in [1.82, 2.24) is 14.8 Å². The Kier molecular flexibility index (Phi) is 6.43. The molecule has 0 atom stereocenters. The molecule has 3 rings (SSSR count).